The number of para-hydroxylation sites is 2. The number of hydrogen-bond acceptors (Lipinski definition) is 2. The van der Waals surface area contributed by atoms with Gasteiger partial charge in [-0.3, -0.25) is 0 Å². The molecule has 1 N–H and O–H groups in total. The zero-order chi connectivity index (χ0) is 11.8. The normalized spacial score (nSPS) is 12.4. The second-order valence-electron chi connectivity index (χ2n) is 4.11. The SMILES string of the molecule is CCCCC[C@H](CC)Oc1ccccc1O. The highest BCUT2D eigenvalue weighted by Crippen LogP contribution is 2.27. The highest BCUT2D eigenvalue weighted by atomic mass is 16.5. The van der Waals surface area contributed by atoms with Gasteiger partial charge in [-0.15, -0.1) is 0 Å². The minimum absolute atomic E-state index is 0.222. The van der Waals surface area contributed by atoms with Crippen LogP contribution in [0.1, 0.15) is 46.0 Å². The van der Waals surface area contributed by atoms with E-state index in [2.05, 4.69) is 13.8 Å². The minimum atomic E-state index is 0.222. The molecule has 90 valence electrons. The average molecular weight is 222 g/mol. The molecule has 0 bridgehead atoms. The summed E-state index contributed by atoms with van der Waals surface area (Å²) in [5.41, 5.74) is 0. The van der Waals surface area contributed by atoms with Crippen molar-refractivity contribution in [2.75, 3.05) is 0 Å². The van der Waals surface area contributed by atoms with Gasteiger partial charge in [0.15, 0.2) is 11.5 Å². The first kappa shape index (κ1) is 12.9. The van der Waals surface area contributed by atoms with Gasteiger partial charge >= 0.3 is 0 Å². The Balaban J connectivity index is 2.46. The molecule has 2 heteroatoms. The Morgan fingerprint density at radius 3 is 2.56 bits per heavy atom. The second-order valence-corrected chi connectivity index (χ2v) is 4.11. The van der Waals surface area contributed by atoms with Crippen molar-refractivity contribution in [1.82, 2.24) is 0 Å². The van der Waals surface area contributed by atoms with E-state index in [0.29, 0.717) is 5.75 Å². The van der Waals surface area contributed by atoms with Crippen molar-refractivity contribution in [3.8, 4) is 11.5 Å². The van der Waals surface area contributed by atoms with E-state index in [9.17, 15) is 5.11 Å². The number of aromatic hydroxyl groups is 1. The first-order chi connectivity index (χ1) is 7.77. The molecule has 0 aliphatic carbocycles. The maximum Gasteiger partial charge on any atom is 0.161 e. The lowest BCUT2D eigenvalue weighted by Crippen LogP contribution is -2.15. The monoisotopic (exact) mass is 222 g/mol. The molecule has 1 atom stereocenters. The van der Waals surface area contributed by atoms with Crippen molar-refractivity contribution in [3.05, 3.63) is 24.3 Å². The van der Waals surface area contributed by atoms with Gasteiger partial charge in [0, 0.05) is 0 Å². The number of rotatable bonds is 7. The third-order valence-corrected chi connectivity index (χ3v) is 2.74. The van der Waals surface area contributed by atoms with Gasteiger partial charge in [0.1, 0.15) is 0 Å². The Labute approximate surface area is 98.3 Å². The standard InChI is InChI=1S/C14H22O2/c1-3-5-6-9-12(4-2)16-14-11-8-7-10-13(14)15/h7-8,10-12,15H,3-6,9H2,1-2H3/t12-/m0/s1. The molecule has 1 rings (SSSR count). The first-order valence-corrected chi connectivity index (χ1v) is 6.22. The van der Waals surface area contributed by atoms with E-state index in [0.717, 1.165) is 12.8 Å². The molecular formula is C14H22O2. The van der Waals surface area contributed by atoms with E-state index in [1.807, 2.05) is 12.1 Å². The van der Waals surface area contributed by atoms with Gasteiger partial charge in [0.25, 0.3) is 0 Å². The quantitative estimate of drug-likeness (QED) is 0.703. The van der Waals surface area contributed by atoms with Crippen LogP contribution in [-0.4, -0.2) is 11.2 Å². The molecule has 1 aromatic rings. The lowest BCUT2D eigenvalue weighted by atomic mass is 10.1. The van der Waals surface area contributed by atoms with Crippen LogP contribution in [0, 0.1) is 0 Å². The van der Waals surface area contributed by atoms with Gasteiger partial charge in [0.05, 0.1) is 6.10 Å². The summed E-state index contributed by atoms with van der Waals surface area (Å²) in [5, 5.41) is 9.60. The predicted octanol–water partition coefficient (Wildman–Crippen LogP) is 4.13. The number of benzene rings is 1. The van der Waals surface area contributed by atoms with Crippen LogP contribution in [0.3, 0.4) is 0 Å². The molecule has 0 spiro atoms. The third kappa shape index (κ3) is 4.13. The fourth-order valence-corrected chi connectivity index (χ4v) is 1.70. The zero-order valence-electron chi connectivity index (χ0n) is 10.3. The van der Waals surface area contributed by atoms with Crippen molar-refractivity contribution in [3.63, 3.8) is 0 Å². The molecule has 0 aliphatic heterocycles. The van der Waals surface area contributed by atoms with Gasteiger partial charge in [-0.05, 0) is 31.4 Å². The zero-order valence-corrected chi connectivity index (χ0v) is 10.3. The molecule has 0 unspecified atom stereocenters. The van der Waals surface area contributed by atoms with Gasteiger partial charge in [-0.2, -0.15) is 0 Å². The Kier molecular flexibility index (Phi) is 5.76. The molecule has 0 saturated heterocycles. The molecule has 0 heterocycles. The Bertz CT molecular complexity index is 297. The lowest BCUT2D eigenvalue weighted by Gasteiger charge is -2.18. The van der Waals surface area contributed by atoms with Crippen molar-refractivity contribution in [2.24, 2.45) is 0 Å². The van der Waals surface area contributed by atoms with Gasteiger partial charge in [-0.1, -0.05) is 38.8 Å². The van der Waals surface area contributed by atoms with Crippen LogP contribution in [0.15, 0.2) is 24.3 Å². The Hall–Kier alpha value is -1.18. The van der Waals surface area contributed by atoms with E-state index in [4.69, 9.17) is 4.74 Å². The minimum Gasteiger partial charge on any atom is -0.504 e. The summed E-state index contributed by atoms with van der Waals surface area (Å²) in [5.74, 6) is 0.835. The van der Waals surface area contributed by atoms with Crippen LogP contribution in [0.5, 0.6) is 11.5 Å². The smallest absolute Gasteiger partial charge is 0.161 e. The largest absolute Gasteiger partial charge is 0.504 e. The molecule has 0 radical (unpaired) electrons. The summed E-state index contributed by atoms with van der Waals surface area (Å²) in [6.45, 7) is 4.32. The molecule has 2 nitrogen and oxygen atoms in total. The number of unbranched alkanes of at least 4 members (excludes halogenated alkanes) is 2. The van der Waals surface area contributed by atoms with Crippen LogP contribution in [0.25, 0.3) is 0 Å². The van der Waals surface area contributed by atoms with E-state index >= 15 is 0 Å². The van der Waals surface area contributed by atoms with E-state index < -0.39 is 0 Å². The van der Waals surface area contributed by atoms with Crippen LogP contribution in [0.4, 0.5) is 0 Å². The summed E-state index contributed by atoms with van der Waals surface area (Å²) in [6.07, 6.45) is 5.95. The van der Waals surface area contributed by atoms with Crippen molar-refractivity contribution >= 4 is 0 Å². The van der Waals surface area contributed by atoms with Crippen molar-refractivity contribution in [1.29, 1.82) is 0 Å². The van der Waals surface area contributed by atoms with Crippen LogP contribution in [-0.2, 0) is 0 Å². The molecule has 0 aromatic heterocycles. The second kappa shape index (κ2) is 7.15. The van der Waals surface area contributed by atoms with Crippen LogP contribution < -0.4 is 4.74 Å². The maximum absolute atomic E-state index is 9.60. The number of phenolic OH excluding ortho intramolecular Hbond substituents is 1. The van der Waals surface area contributed by atoms with Gasteiger partial charge in [0.2, 0.25) is 0 Å². The summed E-state index contributed by atoms with van der Waals surface area (Å²) < 4.78 is 5.79. The third-order valence-electron chi connectivity index (χ3n) is 2.74. The number of phenols is 1. The Morgan fingerprint density at radius 2 is 1.94 bits per heavy atom. The van der Waals surface area contributed by atoms with Crippen LogP contribution in [0.2, 0.25) is 0 Å². The fraction of sp³-hybridized carbons (Fsp3) is 0.571. The van der Waals surface area contributed by atoms with Crippen molar-refractivity contribution < 1.29 is 9.84 Å². The van der Waals surface area contributed by atoms with E-state index in [-0.39, 0.29) is 11.9 Å². The molecule has 16 heavy (non-hydrogen) atoms. The maximum atomic E-state index is 9.60. The molecule has 0 aliphatic rings. The molecule has 1 aromatic carbocycles. The van der Waals surface area contributed by atoms with E-state index in [1.54, 1.807) is 12.1 Å². The summed E-state index contributed by atoms with van der Waals surface area (Å²) in [4.78, 5) is 0. The summed E-state index contributed by atoms with van der Waals surface area (Å²) >= 11 is 0. The highest BCUT2D eigenvalue weighted by molar-refractivity contribution is 5.38. The number of ether oxygens (including phenoxy) is 1. The topological polar surface area (TPSA) is 29.5 Å². The first-order valence-electron chi connectivity index (χ1n) is 6.22. The summed E-state index contributed by atoms with van der Waals surface area (Å²) in [7, 11) is 0. The highest BCUT2D eigenvalue weighted by Gasteiger charge is 2.09. The van der Waals surface area contributed by atoms with Crippen LogP contribution >= 0.6 is 0 Å². The molecule has 0 fully saturated rings. The van der Waals surface area contributed by atoms with Gasteiger partial charge < -0.3 is 9.84 Å². The van der Waals surface area contributed by atoms with E-state index in [1.165, 1.54) is 19.3 Å². The predicted molar refractivity (Wildman–Crippen MR) is 67.0 cm³/mol. The summed E-state index contributed by atoms with van der Waals surface area (Å²) in [6, 6.07) is 7.17. The lowest BCUT2D eigenvalue weighted by molar-refractivity contribution is 0.176. The molecular weight excluding hydrogens is 200 g/mol. The average Bonchev–Trinajstić information content (AvgIpc) is 2.30. The number of hydrogen-bond donors (Lipinski definition) is 1. The van der Waals surface area contributed by atoms with Gasteiger partial charge in [-0.25, -0.2) is 0 Å². The molecule has 0 saturated carbocycles. The molecule has 0 amide bonds. The fourth-order valence-electron chi connectivity index (χ4n) is 1.70. The van der Waals surface area contributed by atoms with Crippen molar-refractivity contribution in [2.45, 2.75) is 52.1 Å². The Morgan fingerprint density at radius 1 is 1.19 bits per heavy atom.